The van der Waals surface area contributed by atoms with Crippen LogP contribution in [-0.4, -0.2) is 61.6 Å². The lowest BCUT2D eigenvalue weighted by atomic mass is 10.2. The third-order valence-electron chi connectivity index (χ3n) is 4.25. The maximum absolute atomic E-state index is 11.1. The number of hydrogen-bond donors (Lipinski definition) is 2. The summed E-state index contributed by atoms with van der Waals surface area (Å²) < 4.78 is 37.3. The molecule has 0 aliphatic carbocycles. The molecule has 28 heavy (non-hydrogen) atoms. The lowest BCUT2D eigenvalue weighted by molar-refractivity contribution is 0.355. The molecule has 1 aromatic carbocycles. The van der Waals surface area contributed by atoms with Gasteiger partial charge in [0.15, 0.2) is 17.3 Å². The summed E-state index contributed by atoms with van der Waals surface area (Å²) >= 11 is 0. The van der Waals surface area contributed by atoms with E-state index < -0.39 is 10.0 Å². The number of ether oxygens (including phenoxy) is 2. The topological polar surface area (TPSA) is 120 Å². The summed E-state index contributed by atoms with van der Waals surface area (Å²) in [4.78, 5) is 4.68. The van der Waals surface area contributed by atoms with Crippen LogP contribution in [0.4, 0.5) is 5.82 Å². The van der Waals surface area contributed by atoms with Crippen LogP contribution in [0.5, 0.6) is 11.5 Å². The van der Waals surface area contributed by atoms with E-state index in [1.54, 1.807) is 14.2 Å². The van der Waals surface area contributed by atoms with Crippen LogP contribution in [0.1, 0.15) is 21.5 Å². The van der Waals surface area contributed by atoms with Gasteiger partial charge in [0, 0.05) is 28.1 Å². The molecule has 0 aliphatic rings. The van der Waals surface area contributed by atoms with Gasteiger partial charge in [-0.05, 0) is 19.8 Å². The largest absolute Gasteiger partial charge is 0.493 e. The monoisotopic (exact) mass is 412 g/mol. The van der Waals surface area contributed by atoms with E-state index in [0.717, 1.165) is 24.0 Å². The minimum Gasteiger partial charge on any atom is -0.493 e. The fraction of sp³-hybridized carbons (Fsp3) is 0.471. The Morgan fingerprint density at radius 3 is 2.46 bits per heavy atom. The zero-order valence-electron chi connectivity index (χ0n) is 16.3. The Morgan fingerprint density at radius 2 is 1.79 bits per heavy atom. The lowest BCUT2D eigenvalue weighted by Gasteiger charge is -2.13. The van der Waals surface area contributed by atoms with Crippen molar-refractivity contribution in [3.63, 3.8) is 0 Å². The molecule has 0 aliphatic heterocycles. The van der Waals surface area contributed by atoms with Crippen molar-refractivity contribution in [1.29, 1.82) is 0 Å². The summed E-state index contributed by atoms with van der Waals surface area (Å²) in [5.41, 5.74) is 2.15. The standard InChI is InChI=1S/C17H24N6O4S.2H2/c1-11-21-22-17-16(18-7-5-6-8-19-28(4,24)25)20-12-9-14(26-2)15(27-3)10-13(12)23(11)17;;/h9-10,19H,5-8H2,1-4H3,(H,18,20);2*1H. The summed E-state index contributed by atoms with van der Waals surface area (Å²) in [6.07, 6.45) is 2.63. The zero-order chi connectivity index (χ0) is 20.3. The molecule has 2 aromatic heterocycles. The number of aryl methyl sites for hydroxylation is 1. The van der Waals surface area contributed by atoms with Crippen molar-refractivity contribution in [2.45, 2.75) is 19.8 Å². The Labute approximate surface area is 166 Å². The van der Waals surface area contributed by atoms with E-state index in [9.17, 15) is 8.42 Å². The molecule has 10 nitrogen and oxygen atoms in total. The molecule has 3 aromatic rings. The van der Waals surface area contributed by atoms with Crippen molar-refractivity contribution >= 4 is 32.5 Å². The summed E-state index contributed by atoms with van der Waals surface area (Å²) in [5.74, 6) is 2.53. The van der Waals surface area contributed by atoms with E-state index >= 15 is 0 Å². The first-order valence-electron chi connectivity index (χ1n) is 8.80. The molecule has 0 bridgehead atoms. The van der Waals surface area contributed by atoms with Crippen LogP contribution in [0.2, 0.25) is 0 Å². The number of nitrogens with zero attached hydrogens (tertiary/aromatic N) is 4. The predicted molar refractivity (Wildman–Crippen MR) is 111 cm³/mol. The SMILES string of the molecule is COc1cc2nc(NCCCCNS(C)(=O)=O)c3nnc(C)n3c2cc1OC.[HH].[HH]. The van der Waals surface area contributed by atoms with E-state index in [0.29, 0.717) is 48.0 Å². The van der Waals surface area contributed by atoms with Gasteiger partial charge in [0.05, 0.1) is 31.5 Å². The second kappa shape index (κ2) is 8.15. The number of nitrogens with one attached hydrogen (secondary N) is 2. The smallest absolute Gasteiger partial charge is 0.208 e. The number of rotatable bonds is 9. The quantitative estimate of drug-likeness (QED) is 0.511. The highest BCUT2D eigenvalue weighted by atomic mass is 32.2. The predicted octanol–water partition coefficient (Wildman–Crippen LogP) is 1.84. The number of fused-ring (bicyclic) bond motifs is 3. The van der Waals surface area contributed by atoms with Gasteiger partial charge in [-0.2, -0.15) is 0 Å². The van der Waals surface area contributed by atoms with Crippen molar-refractivity contribution in [3.05, 3.63) is 18.0 Å². The Balaban J connectivity index is 0.00000225. The first-order chi connectivity index (χ1) is 13.3. The molecule has 156 valence electrons. The van der Waals surface area contributed by atoms with Crippen molar-refractivity contribution < 1.29 is 20.7 Å². The van der Waals surface area contributed by atoms with Crippen molar-refractivity contribution in [2.24, 2.45) is 0 Å². The van der Waals surface area contributed by atoms with Gasteiger partial charge >= 0.3 is 0 Å². The van der Waals surface area contributed by atoms with Crippen LogP contribution in [0.25, 0.3) is 16.7 Å². The minimum atomic E-state index is -3.15. The molecule has 0 spiro atoms. The fourth-order valence-electron chi connectivity index (χ4n) is 2.93. The maximum atomic E-state index is 11.1. The second-order valence-electron chi connectivity index (χ2n) is 6.36. The van der Waals surface area contributed by atoms with Crippen LogP contribution >= 0.6 is 0 Å². The Bertz CT molecular complexity index is 1110. The zero-order valence-corrected chi connectivity index (χ0v) is 17.1. The molecule has 2 N–H and O–H groups in total. The van der Waals surface area contributed by atoms with Crippen molar-refractivity contribution in [3.8, 4) is 11.5 Å². The number of methoxy groups -OCH3 is 2. The number of hydrogen-bond acceptors (Lipinski definition) is 8. The third-order valence-corrected chi connectivity index (χ3v) is 4.98. The maximum Gasteiger partial charge on any atom is 0.208 e. The molecule has 0 saturated carbocycles. The molecule has 3 rings (SSSR count). The lowest BCUT2D eigenvalue weighted by Crippen LogP contribution is -2.23. The van der Waals surface area contributed by atoms with E-state index in [1.165, 1.54) is 0 Å². The number of anilines is 1. The molecule has 11 heteroatoms. The van der Waals surface area contributed by atoms with Gasteiger partial charge in [-0.1, -0.05) is 0 Å². The molecule has 0 amide bonds. The second-order valence-corrected chi connectivity index (χ2v) is 8.20. The number of aromatic nitrogens is 4. The van der Waals surface area contributed by atoms with E-state index in [-0.39, 0.29) is 2.85 Å². The molecule has 2 heterocycles. The van der Waals surface area contributed by atoms with Gasteiger partial charge < -0.3 is 14.8 Å². The van der Waals surface area contributed by atoms with E-state index in [1.807, 2.05) is 23.5 Å². The van der Waals surface area contributed by atoms with Gasteiger partial charge in [-0.25, -0.2) is 18.1 Å². The van der Waals surface area contributed by atoms with Crippen LogP contribution < -0.4 is 19.5 Å². The Morgan fingerprint density at radius 1 is 1.11 bits per heavy atom. The highest BCUT2D eigenvalue weighted by Crippen LogP contribution is 2.33. The minimum absolute atomic E-state index is 0. The van der Waals surface area contributed by atoms with Gasteiger partial charge in [-0.15, -0.1) is 10.2 Å². The van der Waals surface area contributed by atoms with Gasteiger partial charge in [0.25, 0.3) is 0 Å². The van der Waals surface area contributed by atoms with Crippen LogP contribution in [0.3, 0.4) is 0 Å². The average molecular weight is 413 g/mol. The van der Waals surface area contributed by atoms with Crippen LogP contribution in [0, 0.1) is 6.92 Å². The van der Waals surface area contributed by atoms with Crippen LogP contribution in [0.15, 0.2) is 12.1 Å². The normalized spacial score (nSPS) is 11.9. The number of benzene rings is 1. The van der Waals surface area contributed by atoms with Crippen LogP contribution in [-0.2, 0) is 10.0 Å². The summed E-state index contributed by atoms with van der Waals surface area (Å²) in [7, 11) is 0.0118. The summed E-state index contributed by atoms with van der Waals surface area (Å²) in [5, 5.41) is 11.7. The molecule has 0 radical (unpaired) electrons. The molecule has 0 fully saturated rings. The summed E-state index contributed by atoms with van der Waals surface area (Å²) in [6, 6.07) is 3.67. The number of unbranched alkanes of at least 4 members (excludes halogenated alkanes) is 1. The van der Waals surface area contributed by atoms with E-state index in [4.69, 9.17) is 9.47 Å². The third kappa shape index (κ3) is 4.25. The number of sulfonamides is 1. The molecule has 0 unspecified atom stereocenters. The Hall–Kier alpha value is -2.66. The Kier molecular flexibility index (Phi) is 5.84. The summed E-state index contributed by atoms with van der Waals surface area (Å²) in [6.45, 7) is 2.90. The van der Waals surface area contributed by atoms with Crippen molar-refractivity contribution in [1.82, 2.24) is 24.3 Å². The van der Waals surface area contributed by atoms with E-state index in [2.05, 4.69) is 25.2 Å². The average Bonchev–Trinajstić information content (AvgIpc) is 3.04. The highest BCUT2D eigenvalue weighted by Gasteiger charge is 2.16. The van der Waals surface area contributed by atoms with Crippen molar-refractivity contribution in [2.75, 3.05) is 38.9 Å². The highest BCUT2D eigenvalue weighted by molar-refractivity contribution is 7.88. The first kappa shape index (κ1) is 20.1. The van der Waals surface area contributed by atoms with Gasteiger partial charge in [0.2, 0.25) is 15.7 Å². The van der Waals surface area contributed by atoms with Gasteiger partial charge in [-0.3, -0.25) is 4.40 Å². The van der Waals surface area contributed by atoms with Gasteiger partial charge in [0.1, 0.15) is 5.82 Å². The molecule has 0 atom stereocenters. The molecular weight excluding hydrogens is 384 g/mol. The molecule has 0 saturated heterocycles. The fourth-order valence-corrected chi connectivity index (χ4v) is 3.45. The molecular formula is C17H28N6O4S. The first-order valence-corrected chi connectivity index (χ1v) is 10.7.